The molecule has 1 aliphatic carbocycles. The van der Waals surface area contributed by atoms with Crippen molar-refractivity contribution in [2.45, 2.75) is 30.2 Å². The minimum absolute atomic E-state index is 0.582. The van der Waals surface area contributed by atoms with Crippen LogP contribution >= 0.6 is 11.8 Å². The van der Waals surface area contributed by atoms with Crippen LogP contribution < -0.4 is 4.74 Å². The number of nitrogens with zero attached hydrogens (tertiary/aromatic N) is 3. The third-order valence-corrected chi connectivity index (χ3v) is 5.73. The van der Waals surface area contributed by atoms with Crippen molar-refractivity contribution in [1.82, 2.24) is 15.0 Å². The maximum absolute atomic E-state index is 5.18. The fourth-order valence-corrected chi connectivity index (χ4v) is 4.48. The van der Waals surface area contributed by atoms with E-state index in [4.69, 9.17) is 4.74 Å². The van der Waals surface area contributed by atoms with E-state index in [1.54, 1.807) is 25.2 Å². The molecule has 0 saturated carbocycles. The number of ether oxygens (including phenoxy) is 1. The van der Waals surface area contributed by atoms with Crippen molar-refractivity contribution in [3.63, 3.8) is 0 Å². The number of methoxy groups -OCH3 is 1. The van der Waals surface area contributed by atoms with Gasteiger partial charge in [0, 0.05) is 11.8 Å². The molecule has 24 heavy (non-hydrogen) atoms. The first-order chi connectivity index (χ1) is 11.8. The predicted molar refractivity (Wildman–Crippen MR) is 96.7 cm³/mol. The van der Waals surface area contributed by atoms with E-state index in [1.807, 2.05) is 12.1 Å². The van der Waals surface area contributed by atoms with Crippen LogP contribution in [0.25, 0.3) is 11.0 Å². The largest absolute Gasteiger partial charge is 0.481 e. The first kappa shape index (κ1) is 15.4. The highest BCUT2D eigenvalue weighted by atomic mass is 32.2. The topological polar surface area (TPSA) is 47.9 Å². The second kappa shape index (κ2) is 6.77. The molecule has 0 aliphatic heterocycles. The third-order valence-electron chi connectivity index (χ3n) is 4.56. The van der Waals surface area contributed by atoms with Crippen LogP contribution in [0.5, 0.6) is 5.88 Å². The van der Waals surface area contributed by atoms with Gasteiger partial charge in [0.05, 0.1) is 12.5 Å². The second-order valence-electron chi connectivity index (χ2n) is 6.00. The normalized spacial score (nSPS) is 16.8. The number of pyridine rings is 1. The van der Waals surface area contributed by atoms with Gasteiger partial charge in [0.15, 0.2) is 5.65 Å². The molecule has 3 aromatic rings. The zero-order valence-electron chi connectivity index (χ0n) is 13.6. The first-order valence-corrected chi connectivity index (χ1v) is 9.20. The Morgan fingerprint density at radius 3 is 3.00 bits per heavy atom. The van der Waals surface area contributed by atoms with Crippen molar-refractivity contribution in [1.29, 1.82) is 0 Å². The number of thioether (sulfide) groups is 1. The van der Waals surface area contributed by atoms with Crippen molar-refractivity contribution >= 4 is 22.8 Å². The number of aromatic nitrogens is 3. The Kier molecular flexibility index (Phi) is 4.34. The molecule has 1 unspecified atom stereocenters. The van der Waals surface area contributed by atoms with Gasteiger partial charge in [0.25, 0.3) is 0 Å². The van der Waals surface area contributed by atoms with Gasteiger partial charge in [-0.25, -0.2) is 9.97 Å². The van der Waals surface area contributed by atoms with Gasteiger partial charge in [-0.1, -0.05) is 24.3 Å². The lowest BCUT2D eigenvalue weighted by Crippen LogP contribution is -2.11. The van der Waals surface area contributed by atoms with Gasteiger partial charge >= 0.3 is 0 Å². The molecule has 1 atom stereocenters. The molecule has 2 heterocycles. The number of fused-ring (bicyclic) bond motifs is 2. The van der Waals surface area contributed by atoms with E-state index in [0.717, 1.165) is 16.2 Å². The van der Waals surface area contributed by atoms with Crippen molar-refractivity contribution in [2.24, 2.45) is 0 Å². The molecule has 122 valence electrons. The quantitative estimate of drug-likeness (QED) is 0.526. The van der Waals surface area contributed by atoms with Gasteiger partial charge in [-0.15, -0.1) is 11.8 Å². The van der Waals surface area contributed by atoms with E-state index in [-0.39, 0.29) is 0 Å². The number of rotatable bonds is 4. The number of hydrogen-bond acceptors (Lipinski definition) is 5. The van der Waals surface area contributed by atoms with Gasteiger partial charge in [0.2, 0.25) is 5.88 Å². The third kappa shape index (κ3) is 2.96. The van der Waals surface area contributed by atoms with Crippen LogP contribution in [0.1, 0.15) is 29.9 Å². The minimum atomic E-state index is 0.582. The van der Waals surface area contributed by atoms with Crippen molar-refractivity contribution in [2.75, 3.05) is 12.9 Å². The summed E-state index contributed by atoms with van der Waals surface area (Å²) in [5.41, 5.74) is 3.71. The summed E-state index contributed by atoms with van der Waals surface area (Å²) in [6, 6.07) is 12.7. The molecule has 4 rings (SSSR count). The summed E-state index contributed by atoms with van der Waals surface area (Å²) in [6.07, 6.45) is 5.31. The smallest absolute Gasteiger partial charge is 0.215 e. The monoisotopic (exact) mass is 337 g/mol. The average Bonchev–Trinajstić information content (AvgIpc) is 2.65. The van der Waals surface area contributed by atoms with Crippen LogP contribution in [0.4, 0.5) is 0 Å². The van der Waals surface area contributed by atoms with E-state index >= 15 is 0 Å². The van der Waals surface area contributed by atoms with E-state index < -0.39 is 0 Å². The number of aryl methyl sites for hydroxylation is 1. The molecule has 0 N–H and O–H groups in total. The zero-order valence-corrected chi connectivity index (χ0v) is 14.4. The van der Waals surface area contributed by atoms with Gasteiger partial charge in [0.1, 0.15) is 11.4 Å². The van der Waals surface area contributed by atoms with E-state index in [1.165, 1.54) is 30.4 Å². The molecule has 0 fully saturated rings. The summed E-state index contributed by atoms with van der Waals surface area (Å²) in [5.74, 6) is 2.21. The van der Waals surface area contributed by atoms with Gasteiger partial charge in [-0.2, -0.15) is 4.98 Å². The molecule has 1 aromatic carbocycles. The fraction of sp³-hybridized carbons (Fsp3) is 0.316. The predicted octanol–water partition coefficient (Wildman–Crippen LogP) is 4.25. The van der Waals surface area contributed by atoms with Crippen molar-refractivity contribution in [3.05, 3.63) is 53.9 Å². The molecule has 0 radical (unpaired) electrons. The number of benzene rings is 1. The Morgan fingerprint density at radius 2 is 2.08 bits per heavy atom. The van der Waals surface area contributed by atoms with Crippen LogP contribution in [0.15, 0.2) is 47.8 Å². The molecular weight excluding hydrogens is 318 g/mol. The lowest BCUT2D eigenvalue weighted by Gasteiger charge is -2.25. The summed E-state index contributed by atoms with van der Waals surface area (Å²) in [7, 11) is 1.62. The van der Waals surface area contributed by atoms with Crippen LogP contribution in [0, 0.1) is 0 Å². The Balaban J connectivity index is 1.58. The molecule has 0 amide bonds. The summed E-state index contributed by atoms with van der Waals surface area (Å²) >= 11 is 1.80. The zero-order chi connectivity index (χ0) is 16.4. The molecule has 0 spiro atoms. The maximum Gasteiger partial charge on any atom is 0.215 e. The highest BCUT2D eigenvalue weighted by molar-refractivity contribution is 7.99. The molecule has 0 bridgehead atoms. The summed E-state index contributed by atoms with van der Waals surface area (Å²) in [6.45, 7) is 0. The van der Waals surface area contributed by atoms with Crippen LogP contribution in [-0.2, 0) is 6.42 Å². The summed E-state index contributed by atoms with van der Waals surface area (Å²) in [5, 5.41) is 1.99. The van der Waals surface area contributed by atoms with Crippen LogP contribution in [0.2, 0.25) is 0 Å². The van der Waals surface area contributed by atoms with Crippen LogP contribution in [-0.4, -0.2) is 27.8 Å². The highest BCUT2D eigenvalue weighted by Gasteiger charge is 2.20. The SMILES string of the molecule is COc1ccc2c(SCC3CCCc4ccccc43)ncnc2n1. The van der Waals surface area contributed by atoms with Crippen molar-refractivity contribution < 1.29 is 4.74 Å². The van der Waals surface area contributed by atoms with Gasteiger partial charge < -0.3 is 4.74 Å². The molecule has 4 nitrogen and oxygen atoms in total. The fourth-order valence-electron chi connectivity index (χ4n) is 3.34. The van der Waals surface area contributed by atoms with E-state index in [9.17, 15) is 0 Å². The molecular formula is C19H19N3OS. The Morgan fingerprint density at radius 1 is 1.17 bits per heavy atom. The molecule has 2 aromatic heterocycles. The van der Waals surface area contributed by atoms with E-state index in [0.29, 0.717) is 17.4 Å². The molecule has 5 heteroatoms. The number of hydrogen-bond donors (Lipinski definition) is 0. The Labute approximate surface area is 145 Å². The Bertz CT molecular complexity index is 868. The summed E-state index contributed by atoms with van der Waals surface area (Å²) < 4.78 is 5.18. The van der Waals surface area contributed by atoms with Gasteiger partial charge in [-0.3, -0.25) is 0 Å². The Hall–Kier alpha value is -2.14. The maximum atomic E-state index is 5.18. The minimum Gasteiger partial charge on any atom is -0.481 e. The average molecular weight is 337 g/mol. The van der Waals surface area contributed by atoms with Crippen LogP contribution in [0.3, 0.4) is 0 Å². The van der Waals surface area contributed by atoms with Gasteiger partial charge in [-0.05, 0) is 42.4 Å². The molecule has 1 aliphatic rings. The lowest BCUT2D eigenvalue weighted by molar-refractivity contribution is 0.399. The standard InChI is InChI=1S/C19H19N3OS/c1-23-17-10-9-16-18(22-17)20-12-21-19(16)24-11-14-7-4-6-13-5-2-3-8-15(13)14/h2-3,5,8-10,12,14H,4,6-7,11H2,1H3. The molecule has 0 saturated heterocycles. The second-order valence-corrected chi connectivity index (χ2v) is 7.01. The highest BCUT2D eigenvalue weighted by Crippen LogP contribution is 2.36. The van der Waals surface area contributed by atoms with Crippen molar-refractivity contribution in [3.8, 4) is 5.88 Å². The first-order valence-electron chi connectivity index (χ1n) is 8.21. The van der Waals surface area contributed by atoms with E-state index in [2.05, 4.69) is 39.2 Å². The lowest BCUT2D eigenvalue weighted by atomic mass is 9.84. The summed E-state index contributed by atoms with van der Waals surface area (Å²) in [4.78, 5) is 13.1.